The van der Waals surface area contributed by atoms with Gasteiger partial charge in [-0.15, -0.1) is 0 Å². The standard InChI is InChI=1S/C18H22BrN/c1-12-8-13(2)17(14(3)9-12)10-15(11-20)16-6-4-5-7-18(16)19/h4-9,15H,10-11,20H2,1-3H3. The van der Waals surface area contributed by atoms with E-state index in [1.165, 1.54) is 27.8 Å². The highest BCUT2D eigenvalue weighted by Crippen LogP contribution is 2.29. The molecule has 2 rings (SSSR count). The molecule has 0 radical (unpaired) electrons. The van der Waals surface area contributed by atoms with Crippen molar-refractivity contribution in [2.45, 2.75) is 33.1 Å². The van der Waals surface area contributed by atoms with Gasteiger partial charge in [0.25, 0.3) is 0 Å². The molecule has 1 nitrogen and oxygen atoms in total. The molecule has 0 bridgehead atoms. The fourth-order valence-electron chi connectivity index (χ4n) is 2.90. The number of aryl methyl sites for hydroxylation is 3. The summed E-state index contributed by atoms with van der Waals surface area (Å²) in [4.78, 5) is 0. The summed E-state index contributed by atoms with van der Waals surface area (Å²) in [6.07, 6.45) is 0.997. The molecule has 20 heavy (non-hydrogen) atoms. The minimum atomic E-state index is 0.352. The van der Waals surface area contributed by atoms with E-state index in [9.17, 15) is 0 Å². The van der Waals surface area contributed by atoms with E-state index in [0.717, 1.165) is 10.9 Å². The third kappa shape index (κ3) is 3.31. The number of benzene rings is 2. The monoisotopic (exact) mass is 331 g/mol. The van der Waals surface area contributed by atoms with Crippen LogP contribution < -0.4 is 5.73 Å². The molecule has 106 valence electrons. The van der Waals surface area contributed by atoms with Crippen molar-refractivity contribution in [1.82, 2.24) is 0 Å². The number of halogens is 1. The third-order valence-corrected chi connectivity index (χ3v) is 4.64. The third-order valence-electron chi connectivity index (χ3n) is 3.92. The van der Waals surface area contributed by atoms with Gasteiger partial charge < -0.3 is 5.73 Å². The summed E-state index contributed by atoms with van der Waals surface area (Å²) in [6.45, 7) is 7.21. The van der Waals surface area contributed by atoms with E-state index < -0.39 is 0 Å². The fraction of sp³-hybridized carbons (Fsp3) is 0.333. The molecule has 0 aromatic heterocycles. The molecule has 0 saturated carbocycles. The molecule has 0 spiro atoms. The minimum absolute atomic E-state index is 0.352. The van der Waals surface area contributed by atoms with Crippen LogP contribution in [0, 0.1) is 20.8 Å². The SMILES string of the molecule is Cc1cc(C)c(CC(CN)c2ccccc2Br)c(C)c1. The van der Waals surface area contributed by atoms with Crippen molar-refractivity contribution in [1.29, 1.82) is 0 Å². The Bertz CT molecular complexity index is 581. The van der Waals surface area contributed by atoms with Crippen LogP contribution in [0.25, 0.3) is 0 Å². The van der Waals surface area contributed by atoms with E-state index in [0.29, 0.717) is 12.5 Å². The zero-order chi connectivity index (χ0) is 14.7. The van der Waals surface area contributed by atoms with Crippen molar-refractivity contribution < 1.29 is 0 Å². The fourth-order valence-corrected chi connectivity index (χ4v) is 3.51. The molecule has 0 aliphatic rings. The summed E-state index contributed by atoms with van der Waals surface area (Å²) in [5.74, 6) is 0.352. The molecule has 2 aromatic rings. The summed E-state index contributed by atoms with van der Waals surface area (Å²) >= 11 is 3.64. The maximum Gasteiger partial charge on any atom is 0.0210 e. The predicted molar refractivity (Wildman–Crippen MR) is 90.3 cm³/mol. The zero-order valence-electron chi connectivity index (χ0n) is 12.4. The van der Waals surface area contributed by atoms with E-state index in [1.807, 2.05) is 6.07 Å². The first-order valence-corrected chi connectivity index (χ1v) is 7.83. The van der Waals surface area contributed by atoms with Crippen molar-refractivity contribution in [3.05, 3.63) is 68.7 Å². The van der Waals surface area contributed by atoms with Crippen LogP contribution in [0.3, 0.4) is 0 Å². The highest BCUT2D eigenvalue weighted by atomic mass is 79.9. The Morgan fingerprint density at radius 1 is 1.05 bits per heavy atom. The first-order valence-electron chi connectivity index (χ1n) is 7.04. The summed E-state index contributed by atoms with van der Waals surface area (Å²) in [6, 6.07) is 12.9. The van der Waals surface area contributed by atoms with Gasteiger partial charge in [0.2, 0.25) is 0 Å². The summed E-state index contributed by atoms with van der Waals surface area (Å²) < 4.78 is 1.15. The van der Waals surface area contributed by atoms with E-state index in [4.69, 9.17) is 5.73 Å². The lowest BCUT2D eigenvalue weighted by atomic mass is 9.87. The lowest BCUT2D eigenvalue weighted by molar-refractivity contribution is 0.686. The van der Waals surface area contributed by atoms with Crippen LogP contribution in [0.5, 0.6) is 0 Å². The van der Waals surface area contributed by atoms with Crippen molar-refractivity contribution in [2.24, 2.45) is 5.73 Å². The van der Waals surface area contributed by atoms with Gasteiger partial charge in [0.05, 0.1) is 0 Å². The van der Waals surface area contributed by atoms with Crippen LogP contribution in [0.4, 0.5) is 0 Å². The minimum Gasteiger partial charge on any atom is -0.330 e. The van der Waals surface area contributed by atoms with Crippen molar-refractivity contribution in [2.75, 3.05) is 6.54 Å². The Morgan fingerprint density at radius 3 is 2.20 bits per heavy atom. The van der Waals surface area contributed by atoms with Crippen LogP contribution in [-0.2, 0) is 6.42 Å². The molecule has 1 unspecified atom stereocenters. The van der Waals surface area contributed by atoms with Gasteiger partial charge in [-0.1, -0.05) is 51.8 Å². The second-order valence-electron chi connectivity index (χ2n) is 5.54. The van der Waals surface area contributed by atoms with Gasteiger partial charge in [0, 0.05) is 10.4 Å². The average Bonchev–Trinajstić information content (AvgIpc) is 2.39. The smallest absolute Gasteiger partial charge is 0.0210 e. The number of hydrogen-bond acceptors (Lipinski definition) is 1. The predicted octanol–water partition coefficient (Wildman–Crippen LogP) is 4.66. The maximum atomic E-state index is 6.03. The van der Waals surface area contributed by atoms with E-state index in [1.54, 1.807) is 0 Å². The highest BCUT2D eigenvalue weighted by Gasteiger charge is 2.16. The van der Waals surface area contributed by atoms with Gasteiger partial charge in [-0.3, -0.25) is 0 Å². The van der Waals surface area contributed by atoms with Crippen LogP contribution >= 0.6 is 15.9 Å². The van der Waals surface area contributed by atoms with Crippen LogP contribution in [0.15, 0.2) is 40.9 Å². The van der Waals surface area contributed by atoms with Gasteiger partial charge in [0.15, 0.2) is 0 Å². The summed E-state index contributed by atoms with van der Waals surface area (Å²) in [7, 11) is 0. The number of hydrogen-bond donors (Lipinski definition) is 1. The molecule has 0 fully saturated rings. The molecule has 2 aromatic carbocycles. The van der Waals surface area contributed by atoms with Gasteiger partial charge in [-0.2, -0.15) is 0 Å². The van der Waals surface area contributed by atoms with E-state index in [2.05, 4.69) is 67.0 Å². The Kier molecular flexibility index (Phi) is 5.00. The molecule has 2 heteroatoms. The van der Waals surface area contributed by atoms with Crippen LogP contribution in [-0.4, -0.2) is 6.54 Å². The van der Waals surface area contributed by atoms with E-state index in [-0.39, 0.29) is 0 Å². The Morgan fingerprint density at radius 2 is 1.65 bits per heavy atom. The molecule has 0 aliphatic carbocycles. The quantitative estimate of drug-likeness (QED) is 0.866. The Labute approximate surface area is 130 Å². The second kappa shape index (κ2) is 6.55. The molecule has 1 atom stereocenters. The van der Waals surface area contributed by atoms with Crippen LogP contribution in [0.2, 0.25) is 0 Å². The Balaban J connectivity index is 2.35. The topological polar surface area (TPSA) is 26.0 Å². The molecular formula is C18H22BrN. The van der Waals surface area contributed by atoms with Gasteiger partial charge in [-0.25, -0.2) is 0 Å². The van der Waals surface area contributed by atoms with Crippen molar-refractivity contribution >= 4 is 15.9 Å². The maximum absolute atomic E-state index is 6.03. The van der Waals surface area contributed by atoms with E-state index >= 15 is 0 Å². The first kappa shape index (κ1) is 15.3. The summed E-state index contributed by atoms with van der Waals surface area (Å²) in [5.41, 5.74) is 12.8. The molecule has 0 aliphatic heterocycles. The number of rotatable bonds is 4. The normalized spacial score (nSPS) is 12.4. The molecule has 2 N–H and O–H groups in total. The van der Waals surface area contributed by atoms with Gasteiger partial charge in [0.1, 0.15) is 0 Å². The second-order valence-corrected chi connectivity index (χ2v) is 6.39. The molecule has 0 heterocycles. The Hall–Kier alpha value is -1.12. The van der Waals surface area contributed by atoms with Gasteiger partial charge in [-0.05, 0) is 62.1 Å². The largest absolute Gasteiger partial charge is 0.330 e. The first-order chi connectivity index (χ1) is 9.52. The number of nitrogens with two attached hydrogens (primary N) is 1. The average molecular weight is 332 g/mol. The van der Waals surface area contributed by atoms with Crippen molar-refractivity contribution in [3.63, 3.8) is 0 Å². The molecule has 0 amide bonds. The zero-order valence-corrected chi connectivity index (χ0v) is 14.0. The highest BCUT2D eigenvalue weighted by molar-refractivity contribution is 9.10. The molecule has 0 saturated heterocycles. The van der Waals surface area contributed by atoms with Crippen LogP contribution in [0.1, 0.15) is 33.7 Å². The van der Waals surface area contributed by atoms with Crippen molar-refractivity contribution in [3.8, 4) is 0 Å². The van der Waals surface area contributed by atoms with Gasteiger partial charge >= 0.3 is 0 Å². The summed E-state index contributed by atoms with van der Waals surface area (Å²) in [5, 5.41) is 0. The molecular weight excluding hydrogens is 310 g/mol. The lowest BCUT2D eigenvalue weighted by Gasteiger charge is -2.20. The lowest BCUT2D eigenvalue weighted by Crippen LogP contribution is -2.16.